The van der Waals surface area contributed by atoms with Crippen molar-refractivity contribution in [3.63, 3.8) is 0 Å². The maximum absolute atomic E-state index is 5.97. The van der Waals surface area contributed by atoms with Gasteiger partial charge in [-0.1, -0.05) is 32.9 Å². The number of anilines is 1. The van der Waals surface area contributed by atoms with E-state index < -0.39 is 0 Å². The van der Waals surface area contributed by atoms with Crippen molar-refractivity contribution in [2.45, 2.75) is 64.8 Å². The van der Waals surface area contributed by atoms with Crippen LogP contribution in [0.2, 0.25) is 0 Å². The zero-order chi connectivity index (χ0) is 12.6. The second-order valence-electron chi connectivity index (χ2n) is 6.43. The van der Waals surface area contributed by atoms with E-state index in [1.807, 2.05) is 0 Å². The summed E-state index contributed by atoms with van der Waals surface area (Å²) in [7, 11) is 0. The van der Waals surface area contributed by atoms with Crippen molar-refractivity contribution in [2.75, 3.05) is 5.73 Å². The van der Waals surface area contributed by atoms with Gasteiger partial charge >= 0.3 is 0 Å². The fourth-order valence-electron chi connectivity index (χ4n) is 2.78. The van der Waals surface area contributed by atoms with Crippen LogP contribution in [0.25, 0.3) is 0 Å². The van der Waals surface area contributed by atoms with Crippen LogP contribution in [0, 0.1) is 5.92 Å². The fraction of sp³-hybridized carbons (Fsp3) is 0.846. The molecule has 0 amide bonds. The molecule has 1 fully saturated rings. The van der Waals surface area contributed by atoms with E-state index in [1.54, 1.807) is 0 Å². The molecule has 0 unspecified atom stereocenters. The number of nitrogen functional groups attached to an aromatic ring is 1. The summed E-state index contributed by atoms with van der Waals surface area (Å²) < 4.78 is 2.08. The Balaban J connectivity index is 2.27. The van der Waals surface area contributed by atoms with E-state index in [0.29, 0.717) is 11.9 Å². The average Bonchev–Trinajstić information content (AvgIpc) is 2.61. The lowest BCUT2D eigenvalue weighted by Gasteiger charge is -2.30. The molecular weight excluding hydrogens is 212 g/mol. The first-order valence-electron chi connectivity index (χ1n) is 6.60. The molecule has 0 radical (unpaired) electrons. The molecule has 0 aliphatic heterocycles. The van der Waals surface area contributed by atoms with Crippen LogP contribution < -0.4 is 5.73 Å². The van der Waals surface area contributed by atoms with Crippen LogP contribution in [-0.4, -0.2) is 15.0 Å². The first-order chi connectivity index (χ1) is 7.89. The van der Waals surface area contributed by atoms with Gasteiger partial charge in [-0.25, -0.2) is 4.68 Å². The third kappa shape index (κ3) is 2.45. The second kappa shape index (κ2) is 4.31. The van der Waals surface area contributed by atoms with Gasteiger partial charge in [0.2, 0.25) is 0 Å². The van der Waals surface area contributed by atoms with Crippen LogP contribution in [0.15, 0.2) is 0 Å². The summed E-state index contributed by atoms with van der Waals surface area (Å²) in [5, 5.41) is 8.34. The molecule has 0 aromatic carbocycles. The Bertz CT molecular complexity index is 381. The highest BCUT2D eigenvalue weighted by Gasteiger charge is 2.29. The van der Waals surface area contributed by atoms with Crippen molar-refractivity contribution in [3.05, 3.63) is 5.69 Å². The van der Waals surface area contributed by atoms with Crippen molar-refractivity contribution in [1.29, 1.82) is 0 Å². The molecule has 1 aliphatic rings. The van der Waals surface area contributed by atoms with E-state index in [0.717, 1.165) is 11.6 Å². The molecule has 1 aromatic rings. The molecule has 0 saturated heterocycles. The number of nitrogens with two attached hydrogens (primary N) is 1. The number of rotatable bonds is 1. The van der Waals surface area contributed by atoms with Gasteiger partial charge < -0.3 is 5.73 Å². The monoisotopic (exact) mass is 236 g/mol. The zero-order valence-electron chi connectivity index (χ0n) is 11.4. The molecule has 1 aliphatic carbocycles. The van der Waals surface area contributed by atoms with Gasteiger partial charge in [-0.15, -0.1) is 5.10 Å². The Morgan fingerprint density at radius 1 is 1.18 bits per heavy atom. The summed E-state index contributed by atoms with van der Waals surface area (Å²) in [5.41, 5.74) is 7.07. The fourth-order valence-corrected chi connectivity index (χ4v) is 2.78. The van der Waals surface area contributed by atoms with Gasteiger partial charge in [0.15, 0.2) is 5.82 Å². The molecule has 0 spiro atoms. The van der Waals surface area contributed by atoms with E-state index in [1.165, 1.54) is 25.7 Å². The maximum atomic E-state index is 5.97. The van der Waals surface area contributed by atoms with Crippen molar-refractivity contribution < 1.29 is 0 Å². The van der Waals surface area contributed by atoms with Gasteiger partial charge in [0.1, 0.15) is 0 Å². The Morgan fingerprint density at radius 3 is 2.29 bits per heavy atom. The first kappa shape index (κ1) is 12.4. The quantitative estimate of drug-likeness (QED) is 0.815. The normalized spacial score (nSPS) is 26.1. The van der Waals surface area contributed by atoms with Crippen LogP contribution in [0.3, 0.4) is 0 Å². The van der Waals surface area contributed by atoms with E-state index in [4.69, 9.17) is 5.73 Å². The van der Waals surface area contributed by atoms with E-state index in [2.05, 4.69) is 42.7 Å². The lowest BCUT2D eigenvalue weighted by atomic mass is 9.86. The molecule has 4 nitrogen and oxygen atoms in total. The molecule has 96 valence electrons. The standard InChI is InChI=1S/C13H24N4/c1-9-5-7-10(8-6-9)17-11(13(2,3)4)12(14)15-16-17/h9-10H,5-8,14H2,1-4H3. The van der Waals surface area contributed by atoms with Gasteiger partial charge in [-0.05, 0) is 31.6 Å². The zero-order valence-corrected chi connectivity index (χ0v) is 11.4. The minimum absolute atomic E-state index is 0.0106. The molecule has 2 rings (SSSR count). The first-order valence-corrected chi connectivity index (χ1v) is 6.60. The molecule has 1 aromatic heterocycles. The van der Waals surface area contributed by atoms with E-state index in [-0.39, 0.29) is 5.41 Å². The minimum atomic E-state index is 0.0106. The average molecular weight is 236 g/mol. The van der Waals surface area contributed by atoms with Gasteiger partial charge in [0.05, 0.1) is 11.7 Å². The molecular formula is C13H24N4. The summed E-state index contributed by atoms with van der Waals surface area (Å²) in [6, 6.07) is 0.491. The highest BCUT2D eigenvalue weighted by molar-refractivity contribution is 5.38. The summed E-state index contributed by atoms with van der Waals surface area (Å²) in [6.07, 6.45) is 4.97. The van der Waals surface area contributed by atoms with Gasteiger partial charge in [0.25, 0.3) is 0 Å². The summed E-state index contributed by atoms with van der Waals surface area (Å²) in [4.78, 5) is 0. The Morgan fingerprint density at radius 2 is 1.76 bits per heavy atom. The lowest BCUT2D eigenvalue weighted by molar-refractivity contribution is 0.259. The molecule has 0 atom stereocenters. The SMILES string of the molecule is CC1CCC(n2nnc(N)c2C(C)(C)C)CC1. The largest absolute Gasteiger partial charge is 0.381 e. The molecule has 4 heteroatoms. The van der Waals surface area contributed by atoms with Crippen LogP contribution in [0.1, 0.15) is 65.1 Å². The summed E-state index contributed by atoms with van der Waals surface area (Å²) in [5.74, 6) is 1.45. The molecule has 1 heterocycles. The Hall–Kier alpha value is -1.06. The van der Waals surface area contributed by atoms with Crippen LogP contribution >= 0.6 is 0 Å². The van der Waals surface area contributed by atoms with E-state index >= 15 is 0 Å². The van der Waals surface area contributed by atoms with E-state index in [9.17, 15) is 0 Å². The number of aromatic nitrogens is 3. The van der Waals surface area contributed by atoms with Crippen molar-refractivity contribution in [2.24, 2.45) is 5.92 Å². The third-order valence-corrected chi connectivity index (χ3v) is 3.76. The molecule has 0 bridgehead atoms. The number of hydrogen-bond acceptors (Lipinski definition) is 3. The highest BCUT2D eigenvalue weighted by Crippen LogP contribution is 2.35. The van der Waals surface area contributed by atoms with Crippen LogP contribution in [0.5, 0.6) is 0 Å². The van der Waals surface area contributed by atoms with Gasteiger partial charge in [0, 0.05) is 5.41 Å². The predicted molar refractivity (Wildman–Crippen MR) is 69.8 cm³/mol. The lowest BCUT2D eigenvalue weighted by Crippen LogP contribution is -2.25. The molecule has 2 N–H and O–H groups in total. The van der Waals surface area contributed by atoms with Crippen LogP contribution in [-0.2, 0) is 5.41 Å². The Kier molecular flexibility index (Phi) is 3.15. The molecule has 1 saturated carbocycles. The summed E-state index contributed by atoms with van der Waals surface area (Å²) in [6.45, 7) is 8.84. The van der Waals surface area contributed by atoms with Gasteiger partial charge in [-0.3, -0.25) is 0 Å². The minimum Gasteiger partial charge on any atom is -0.381 e. The highest BCUT2D eigenvalue weighted by atomic mass is 15.5. The summed E-state index contributed by atoms with van der Waals surface area (Å²) >= 11 is 0. The van der Waals surface area contributed by atoms with Crippen molar-refractivity contribution >= 4 is 5.82 Å². The molecule has 17 heavy (non-hydrogen) atoms. The number of nitrogens with zero attached hydrogens (tertiary/aromatic N) is 3. The third-order valence-electron chi connectivity index (χ3n) is 3.76. The Labute approximate surface area is 104 Å². The maximum Gasteiger partial charge on any atom is 0.169 e. The van der Waals surface area contributed by atoms with Crippen LogP contribution in [0.4, 0.5) is 5.82 Å². The number of hydrogen-bond donors (Lipinski definition) is 1. The smallest absolute Gasteiger partial charge is 0.169 e. The van der Waals surface area contributed by atoms with Gasteiger partial charge in [-0.2, -0.15) is 0 Å². The topological polar surface area (TPSA) is 56.7 Å². The predicted octanol–water partition coefficient (Wildman–Crippen LogP) is 2.91. The van der Waals surface area contributed by atoms with Crippen molar-refractivity contribution in [1.82, 2.24) is 15.0 Å². The van der Waals surface area contributed by atoms with Crippen molar-refractivity contribution in [3.8, 4) is 0 Å². The second-order valence-corrected chi connectivity index (χ2v) is 6.43.